The molecule has 0 aliphatic rings. The molecule has 1 aromatic heterocycles. The Kier molecular flexibility index (Phi) is 2.48. The van der Waals surface area contributed by atoms with E-state index >= 15 is 0 Å². The largest absolute Gasteiger partial charge is 0.506 e. The van der Waals surface area contributed by atoms with Gasteiger partial charge in [-0.25, -0.2) is 4.79 Å². The molecule has 98 valence electrons. The number of hydrogen-bond acceptors (Lipinski definition) is 4. The second-order valence-electron chi connectivity index (χ2n) is 4.25. The summed E-state index contributed by atoms with van der Waals surface area (Å²) in [6.07, 6.45) is 0. The predicted molar refractivity (Wildman–Crippen MR) is 71.9 cm³/mol. The van der Waals surface area contributed by atoms with Crippen molar-refractivity contribution in [3.63, 3.8) is 0 Å². The normalized spacial score (nSPS) is 10.6. The van der Waals surface area contributed by atoms with Gasteiger partial charge in [0.2, 0.25) is 0 Å². The number of rotatable bonds is 1. The summed E-state index contributed by atoms with van der Waals surface area (Å²) in [5.41, 5.74) is 0.874. The van der Waals surface area contributed by atoms with Gasteiger partial charge in [0.05, 0.1) is 22.3 Å². The minimum atomic E-state index is -0.434. The zero-order valence-electron chi connectivity index (χ0n) is 10.2. The highest BCUT2D eigenvalue weighted by molar-refractivity contribution is 5.78. The summed E-state index contributed by atoms with van der Waals surface area (Å²) >= 11 is 0. The van der Waals surface area contributed by atoms with E-state index in [1.807, 2.05) is 0 Å². The number of aromatic hydroxyl groups is 2. The van der Waals surface area contributed by atoms with Crippen LogP contribution in [0.3, 0.4) is 0 Å². The third kappa shape index (κ3) is 1.61. The first kappa shape index (κ1) is 11.9. The average Bonchev–Trinajstić information content (AvgIpc) is 2.75. The zero-order chi connectivity index (χ0) is 14.3. The number of fused-ring (bicyclic) bond motifs is 1. The molecule has 0 radical (unpaired) electrons. The van der Waals surface area contributed by atoms with Gasteiger partial charge in [-0.3, -0.25) is 4.57 Å². The van der Waals surface area contributed by atoms with Gasteiger partial charge >= 0.3 is 5.69 Å². The summed E-state index contributed by atoms with van der Waals surface area (Å²) in [5, 5.41) is 28.4. The third-order valence-corrected chi connectivity index (χ3v) is 3.04. The smallest absolute Gasteiger partial charge is 0.331 e. The Hall–Kier alpha value is -3.20. The number of phenolic OH excluding ortho intramolecular Hbond substituents is 2. The molecule has 0 bridgehead atoms. The minimum Gasteiger partial charge on any atom is -0.506 e. The van der Waals surface area contributed by atoms with E-state index in [1.165, 1.54) is 10.6 Å². The molecule has 0 atom stereocenters. The number of aromatic amines is 1. The van der Waals surface area contributed by atoms with Crippen LogP contribution in [0, 0.1) is 11.3 Å². The molecule has 0 amide bonds. The fourth-order valence-electron chi connectivity index (χ4n) is 2.13. The van der Waals surface area contributed by atoms with Crippen molar-refractivity contribution >= 4 is 11.0 Å². The quantitative estimate of drug-likeness (QED) is 0.623. The zero-order valence-corrected chi connectivity index (χ0v) is 10.2. The van der Waals surface area contributed by atoms with Crippen molar-refractivity contribution in [3.8, 4) is 23.3 Å². The van der Waals surface area contributed by atoms with E-state index in [9.17, 15) is 15.0 Å². The molecule has 0 unspecified atom stereocenters. The Balaban J connectivity index is 2.40. The van der Waals surface area contributed by atoms with Crippen molar-refractivity contribution in [1.82, 2.24) is 9.55 Å². The van der Waals surface area contributed by atoms with E-state index in [4.69, 9.17) is 5.26 Å². The van der Waals surface area contributed by atoms with Gasteiger partial charge in [-0.05, 0) is 18.2 Å². The van der Waals surface area contributed by atoms with E-state index in [0.29, 0.717) is 11.0 Å². The van der Waals surface area contributed by atoms with E-state index in [2.05, 4.69) is 4.98 Å². The fraction of sp³-hybridized carbons (Fsp3) is 0. The van der Waals surface area contributed by atoms with Gasteiger partial charge in [-0.1, -0.05) is 12.1 Å². The molecule has 0 fully saturated rings. The maximum absolute atomic E-state index is 12.0. The van der Waals surface area contributed by atoms with Crippen LogP contribution >= 0.6 is 0 Å². The molecule has 3 rings (SSSR count). The highest BCUT2D eigenvalue weighted by atomic mass is 16.3. The third-order valence-electron chi connectivity index (χ3n) is 3.04. The van der Waals surface area contributed by atoms with Gasteiger partial charge in [0.25, 0.3) is 0 Å². The molecule has 6 heteroatoms. The molecule has 3 aromatic rings. The molecular formula is C14H9N3O3. The fourth-order valence-corrected chi connectivity index (χ4v) is 2.13. The predicted octanol–water partition coefficient (Wildman–Crippen LogP) is 1.60. The number of benzene rings is 2. The van der Waals surface area contributed by atoms with Crippen molar-refractivity contribution in [3.05, 3.63) is 52.4 Å². The van der Waals surface area contributed by atoms with E-state index in [1.54, 1.807) is 30.3 Å². The number of nitrogens with zero attached hydrogens (tertiary/aromatic N) is 2. The minimum absolute atomic E-state index is 0.0185. The summed E-state index contributed by atoms with van der Waals surface area (Å²) in [5.74, 6) is -0.616. The van der Waals surface area contributed by atoms with Crippen molar-refractivity contribution in [2.75, 3.05) is 0 Å². The molecule has 20 heavy (non-hydrogen) atoms. The number of phenols is 2. The lowest BCUT2D eigenvalue weighted by atomic mass is 10.1. The lowest BCUT2D eigenvalue weighted by Crippen LogP contribution is -2.14. The molecular weight excluding hydrogens is 258 g/mol. The Morgan fingerprint density at radius 2 is 1.90 bits per heavy atom. The molecule has 0 aliphatic heterocycles. The maximum Gasteiger partial charge on any atom is 0.331 e. The Morgan fingerprint density at radius 1 is 1.15 bits per heavy atom. The van der Waals surface area contributed by atoms with Gasteiger partial charge in [0, 0.05) is 6.07 Å². The lowest BCUT2D eigenvalue weighted by Gasteiger charge is -2.07. The van der Waals surface area contributed by atoms with Crippen molar-refractivity contribution in [2.24, 2.45) is 0 Å². The summed E-state index contributed by atoms with van der Waals surface area (Å²) in [7, 11) is 0. The van der Waals surface area contributed by atoms with Gasteiger partial charge in [-0.2, -0.15) is 5.26 Å². The van der Waals surface area contributed by atoms with Crippen LogP contribution in [0.25, 0.3) is 16.7 Å². The summed E-state index contributed by atoms with van der Waals surface area (Å²) < 4.78 is 1.25. The van der Waals surface area contributed by atoms with Crippen LogP contribution in [0.2, 0.25) is 0 Å². The maximum atomic E-state index is 12.0. The molecule has 0 spiro atoms. The van der Waals surface area contributed by atoms with E-state index in [0.717, 1.165) is 6.07 Å². The number of H-pyrrole nitrogens is 1. The Labute approximate surface area is 112 Å². The SMILES string of the molecule is N#Cc1cc(-n2c(=O)[nH]c3ccccc32)c(O)cc1O. The topological polar surface area (TPSA) is 102 Å². The molecule has 0 saturated heterocycles. The monoisotopic (exact) mass is 267 g/mol. The highest BCUT2D eigenvalue weighted by Crippen LogP contribution is 2.30. The molecule has 1 heterocycles. The molecule has 3 N–H and O–H groups in total. The molecule has 2 aromatic carbocycles. The number of imidazole rings is 1. The first-order chi connectivity index (χ1) is 9.61. The first-order valence-corrected chi connectivity index (χ1v) is 5.78. The number of nitrogens with one attached hydrogen (secondary N) is 1. The first-order valence-electron chi connectivity index (χ1n) is 5.78. The Bertz CT molecular complexity index is 916. The van der Waals surface area contributed by atoms with Gasteiger partial charge in [0.15, 0.2) is 0 Å². The van der Waals surface area contributed by atoms with Crippen LogP contribution in [0.4, 0.5) is 0 Å². The molecule has 0 saturated carbocycles. The summed E-state index contributed by atoms with van der Waals surface area (Å²) in [6, 6.07) is 11.1. The van der Waals surface area contributed by atoms with E-state index in [-0.39, 0.29) is 22.7 Å². The van der Waals surface area contributed by atoms with Crippen molar-refractivity contribution in [2.45, 2.75) is 0 Å². The van der Waals surface area contributed by atoms with Crippen molar-refractivity contribution < 1.29 is 10.2 Å². The van der Waals surface area contributed by atoms with Crippen LogP contribution in [0.1, 0.15) is 5.56 Å². The Morgan fingerprint density at radius 3 is 2.65 bits per heavy atom. The van der Waals surface area contributed by atoms with Crippen LogP contribution in [0.15, 0.2) is 41.2 Å². The average molecular weight is 267 g/mol. The van der Waals surface area contributed by atoms with Crippen LogP contribution in [-0.2, 0) is 0 Å². The second kappa shape index (κ2) is 4.17. The summed E-state index contributed by atoms with van der Waals surface area (Å²) in [4.78, 5) is 14.7. The van der Waals surface area contributed by atoms with Crippen molar-refractivity contribution in [1.29, 1.82) is 5.26 Å². The standard InChI is InChI=1S/C14H9N3O3/c15-7-8-5-11(13(19)6-12(8)18)17-10-4-2-1-3-9(10)16-14(17)20/h1-6,18-19H,(H,16,20). The van der Waals surface area contributed by atoms with E-state index < -0.39 is 5.69 Å². The van der Waals surface area contributed by atoms with Crippen LogP contribution < -0.4 is 5.69 Å². The second-order valence-corrected chi connectivity index (χ2v) is 4.25. The van der Waals surface area contributed by atoms with Gasteiger partial charge in [0.1, 0.15) is 17.6 Å². The van der Waals surface area contributed by atoms with Crippen LogP contribution in [0.5, 0.6) is 11.5 Å². The number of aromatic nitrogens is 2. The number of para-hydroxylation sites is 2. The molecule has 6 nitrogen and oxygen atoms in total. The van der Waals surface area contributed by atoms with Gasteiger partial charge < -0.3 is 15.2 Å². The van der Waals surface area contributed by atoms with Gasteiger partial charge in [-0.15, -0.1) is 0 Å². The number of hydrogen-bond donors (Lipinski definition) is 3. The molecule has 0 aliphatic carbocycles. The number of nitriles is 1. The lowest BCUT2D eigenvalue weighted by molar-refractivity contribution is 0.447. The summed E-state index contributed by atoms with van der Waals surface area (Å²) in [6.45, 7) is 0. The highest BCUT2D eigenvalue weighted by Gasteiger charge is 2.15. The van der Waals surface area contributed by atoms with Crippen LogP contribution in [-0.4, -0.2) is 19.8 Å².